The van der Waals surface area contributed by atoms with Crippen LogP contribution in [0, 0.1) is 12.8 Å². The number of nitrogens with zero attached hydrogens (tertiary/aromatic N) is 2. The SMILES string of the molecule is Cc1ccc(C(=O)C2CCCN(C(=O)c3ccccc3)C2)c(N=S(=O)=O)c1. The predicted octanol–water partition coefficient (Wildman–Crippen LogP) is 3.42. The minimum atomic E-state index is -2.64. The summed E-state index contributed by atoms with van der Waals surface area (Å²) in [6.45, 7) is 2.73. The minimum absolute atomic E-state index is 0.0948. The fourth-order valence-electron chi connectivity index (χ4n) is 3.36. The Labute approximate surface area is 159 Å². The molecule has 7 heteroatoms. The van der Waals surface area contributed by atoms with Crippen LogP contribution in [0.3, 0.4) is 0 Å². The number of hydrogen-bond acceptors (Lipinski definition) is 5. The Morgan fingerprint density at radius 1 is 1.11 bits per heavy atom. The fraction of sp³-hybridized carbons (Fsp3) is 0.300. The van der Waals surface area contributed by atoms with Crippen LogP contribution in [-0.2, 0) is 10.5 Å². The third kappa shape index (κ3) is 4.49. The Morgan fingerprint density at radius 3 is 2.56 bits per heavy atom. The third-order valence-corrected chi connectivity index (χ3v) is 5.04. The van der Waals surface area contributed by atoms with E-state index >= 15 is 0 Å². The molecule has 1 heterocycles. The number of likely N-dealkylation sites (tertiary alicyclic amines) is 1. The second kappa shape index (κ2) is 8.26. The molecular weight excluding hydrogens is 364 g/mol. The molecule has 0 spiro atoms. The molecular formula is C20H20N2O4S. The number of carbonyl (C=O) groups excluding carboxylic acids is 2. The van der Waals surface area contributed by atoms with E-state index in [4.69, 9.17) is 0 Å². The normalized spacial score (nSPS) is 16.6. The number of aryl methyl sites for hydroxylation is 1. The van der Waals surface area contributed by atoms with Gasteiger partial charge in [0.05, 0.1) is 5.69 Å². The molecule has 0 bridgehead atoms. The van der Waals surface area contributed by atoms with Crippen molar-refractivity contribution in [2.45, 2.75) is 19.8 Å². The van der Waals surface area contributed by atoms with Gasteiger partial charge in [0.1, 0.15) is 0 Å². The lowest BCUT2D eigenvalue weighted by molar-refractivity contribution is 0.0637. The molecule has 0 saturated carbocycles. The van der Waals surface area contributed by atoms with Crippen molar-refractivity contribution in [3.63, 3.8) is 0 Å². The number of carbonyl (C=O) groups is 2. The molecule has 140 valence electrons. The molecule has 6 nitrogen and oxygen atoms in total. The van der Waals surface area contributed by atoms with Crippen molar-refractivity contribution in [2.24, 2.45) is 10.3 Å². The zero-order valence-electron chi connectivity index (χ0n) is 15.0. The number of ketones is 1. The highest BCUT2D eigenvalue weighted by atomic mass is 32.2. The second-order valence-corrected chi connectivity index (χ2v) is 7.27. The number of piperidine rings is 1. The highest BCUT2D eigenvalue weighted by Crippen LogP contribution is 2.28. The van der Waals surface area contributed by atoms with Gasteiger partial charge in [0, 0.05) is 30.1 Å². The molecule has 1 unspecified atom stereocenters. The maximum atomic E-state index is 13.0. The van der Waals surface area contributed by atoms with Crippen LogP contribution in [0.15, 0.2) is 52.9 Å². The van der Waals surface area contributed by atoms with E-state index in [1.807, 2.05) is 25.1 Å². The molecule has 1 amide bonds. The number of benzene rings is 2. The third-order valence-electron chi connectivity index (χ3n) is 4.69. The maximum absolute atomic E-state index is 13.0. The first-order valence-electron chi connectivity index (χ1n) is 8.76. The number of rotatable bonds is 4. The summed E-state index contributed by atoms with van der Waals surface area (Å²) in [5.74, 6) is -0.643. The zero-order chi connectivity index (χ0) is 19.4. The summed E-state index contributed by atoms with van der Waals surface area (Å²) in [6.07, 6.45) is 1.38. The molecule has 1 atom stereocenters. The summed E-state index contributed by atoms with van der Waals surface area (Å²) in [6, 6.07) is 13.9. The first kappa shape index (κ1) is 19.0. The average molecular weight is 384 g/mol. The molecule has 0 N–H and O–H groups in total. The van der Waals surface area contributed by atoms with E-state index in [9.17, 15) is 18.0 Å². The Bertz CT molecular complexity index is 992. The predicted molar refractivity (Wildman–Crippen MR) is 102 cm³/mol. The minimum Gasteiger partial charge on any atom is -0.338 e. The van der Waals surface area contributed by atoms with E-state index in [0.717, 1.165) is 12.0 Å². The standard InChI is InChI=1S/C20H20N2O4S/c1-14-9-10-17(18(12-14)21-27(25)26)19(23)16-8-5-11-22(13-16)20(24)15-6-3-2-4-7-15/h2-4,6-7,9-10,12,16H,5,8,11,13H2,1H3. The molecule has 2 aromatic rings. The van der Waals surface area contributed by atoms with E-state index in [2.05, 4.69) is 4.36 Å². The van der Waals surface area contributed by atoms with Crippen LogP contribution in [0.4, 0.5) is 5.69 Å². The van der Waals surface area contributed by atoms with Crippen LogP contribution in [0.25, 0.3) is 0 Å². The van der Waals surface area contributed by atoms with Crippen LogP contribution in [0.2, 0.25) is 0 Å². The molecule has 27 heavy (non-hydrogen) atoms. The van der Waals surface area contributed by atoms with Crippen molar-refractivity contribution >= 4 is 27.9 Å². The van der Waals surface area contributed by atoms with Gasteiger partial charge < -0.3 is 4.90 Å². The van der Waals surface area contributed by atoms with Gasteiger partial charge in [-0.1, -0.05) is 24.3 Å². The summed E-state index contributed by atoms with van der Waals surface area (Å²) in [7, 11) is -2.64. The van der Waals surface area contributed by atoms with Gasteiger partial charge in [-0.15, -0.1) is 4.36 Å². The summed E-state index contributed by atoms with van der Waals surface area (Å²) in [4.78, 5) is 27.4. The quantitative estimate of drug-likeness (QED) is 0.756. The van der Waals surface area contributed by atoms with Gasteiger partial charge in [-0.2, -0.15) is 8.42 Å². The molecule has 1 aliphatic heterocycles. The van der Waals surface area contributed by atoms with E-state index in [1.54, 1.807) is 35.2 Å². The summed E-state index contributed by atoms with van der Waals surface area (Å²) < 4.78 is 25.6. The van der Waals surface area contributed by atoms with Gasteiger partial charge in [0.2, 0.25) is 0 Å². The Balaban J connectivity index is 1.84. The van der Waals surface area contributed by atoms with Crippen molar-refractivity contribution in [2.75, 3.05) is 13.1 Å². The lowest BCUT2D eigenvalue weighted by Crippen LogP contribution is -2.42. The molecule has 1 fully saturated rings. The Hall–Kier alpha value is -2.80. The number of hydrogen-bond donors (Lipinski definition) is 0. The molecule has 0 radical (unpaired) electrons. The van der Waals surface area contributed by atoms with Crippen molar-refractivity contribution in [1.82, 2.24) is 4.90 Å². The van der Waals surface area contributed by atoms with Gasteiger partial charge >= 0.3 is 10.5 Å². The fourth-order valence-corrected chi connectivity index (χ4v) is 3.68. The molecule has 2 aromatic carbocycles. The lowest BCUT2D eigenvalue weighted by Gasteiger charge is -2.32. The van der Waals surface area contributed by atoms with Crippen LogP contribution >= 0.6 is 0 Å². The van der Waals surface area contributed by atoms with Crippen molar-refractivity contribution in [3.8, 4) is 0 Å². The van der Waals surface area contributed by atoms with Crippen molar-refractivity contribution < 1.29 is 18.0 Å². The van der Waals surface area contributed by atoms with Gasteiger partial charge in [-0.3, -0.25) is 9.59 Å². The van der Waals surface area contributed by atoms with Crippen molar-refractivity contribution in [3.05, 3.63) is 65.2 Å². The number of amides is 1. The Morgan fingerprint density at radius 2 is 1.85 bits per heavy atom. The van der Waals surface area contributed by atoms with Gasteiger partial charge in [0.15, 0.2) is 5.78 Å². The van der Waals surface area contributed by atoms with E-state index < -0.39 is 10.5 Å². The second-order valence-electron chi connectivity index (χ2n) is 6.65. The average Bonchev–Trinajstić information content (AvgIpc) is 2.67. The maximum Gasteiger partial charge on any atom is 0.316 e. The van der Waals surface area contributed by atoms with Gasteiger partial charge in [0.25, 0.3) is 5.91 Å². The molecule has 0 aliphatic carbocycles. The highest BCUT2D eigenvalue weighted by Gasteiger charge is 2.30. The first-order chi connectivity index (χ1) is 13.0. The molecule has 1 aliphatic rings. The van der Waals surface area contributed by atoms with Crippen molar-refractivity contribution in [1.29, 1.82) is 0 Å². The summed E-state index contributed by atoms with van der Waals surface area (Å²) in [5.41, 5.74) is 1.85. The number of Topliss-reactive ketones (excluding diaryl/α,β-unsaturated/α-hetero) is 1. The first-order valence-corrected chi connectivity index (χ1v) is 9.79. The molecule has 3 rings (SSSR count). The Kier molecular flexibility index (Phi) is 5.81. The largest absolute Gasteiger partial charge is 0.338 e. The van der Waals surface area contributed by atoms with E-state index in [-0.39, 0.29) is 28.9 Å². The lowest BCUT2D eigenvalue weighted by atomic mass is 9.88. The van der Waals surface area contributed by atoms with Crippen LogP contribution in [-0.4, -0.2) is 38.1 Å². The highest BCUT2D eigenvalue weighted by molar-refractivity contribution is 7.61. The van der Waals surface area contributed by atoms with Gasteiger partial charge in [-0.05, 0) is 49.6 Å². The monoisotopic (exact) mass is 384 g/mol. The topological polar surface area (TPSA) is 83.9 Å². The zero-order valence-corrected chi connectivity index (χ0v) is 15.8. The van der Waals surface area contributed by atoms with Crippen LogP contribution < -0.4 is 0 Å². The molecule has 1 saturated heterocycles. The van der Waals surface area contributed by atoms with Crippen LogP contribution in [0.1, 0.15) is 39.1 Å². The van der Waals surface area contributed by atoms with Gasteiger partial charge in [-0.25, -0.2) is 0 Å². The summed E-state index contributed by atoms with van der Waals surface area (Å²) >= 11 is 0. The van der Waals surface area contributed by atoms with Crippen LogP contribution in [0.5, 0.6) is 0 Å². The van der Waals surface area contributed by atoms with E-state index in [0.29, 0.717) is 25.1 Å². The summed E-state index contributed by atoms with van der Waals surface area (Å²) in [5, 5.41) is 0. The smallest absolute Gasteiger partial charge is 0.316 e. The van der Waals surface area contributed by atoms with E-state index in [1.165, 1.54) is 0 Å². The molecule has 0 aromatic heterocycles.